The van der Waals surface area contributed by atoms with E-state index in [-0.39, 0.29) is 0 Å². The number of nitrogens with one attached hydrogen (secondary N) is 1. The first-order valence-electron chi connectivity index (χ1n) is 6.53. The van der Waals surface area contributed by atoms with Gasteiger partial charge in [-0.25, -0.2) is 0 Å². The van der Waals surface area contributed by atoms with Gasteiger partial charge in [0, 0.05) is 6.04 Å². The van der Waals surface area contributed by atoms with Crippen LogP contribution < -0.4 is 5.32 Å². The predicted octanol–water partition coefficient (Wildman–Crippen LogP) is 3.64. The van der Waals surface area contributed by atoms with Crippen molar-refractivity contribution in [2.75, 3.05) is 6.54 Å². The molecule has 16 heavy (non-hydrogen) atoms. The first-order chi connectivity index (χ1) is 7.76. The van der Waals surface area contributed by atoms with Crippen molar-refractivity contribution in [3.63, 3.8) is 0 Å². The maximum atomic E-state index is 3.67. The Balaban J connectivity index is 2.37. The van der Waals surface area contributed by atoms with E-state index in [1.165, 1.54) is 18.4 Å². The Labute approximate surface area is 100 Å². The summed E-state index contributed by atoms with van der Waals surface area (Å²) >= 11 is 0. The molecular formula is C15H25N. The van der Waals surface area contributed by atoms with Crippen LogP contribution in [0, 0.1) is 5.92 Å². The maximum absolute atomic E-state index is 3.67. The summed E-state index contributed by atoms with van der Waals surface area (Å²) in [5, 5.41) is 3.67. The summed E-state index contributed by atoms with van der Waals surface area (Å²) < 4.78 is 0. The smallest absolute Gasteiger partial charge is 0.0105 e. The van der Waals surface area contributed by atoms with Gasteiger partial charge in [-0.15, -0.1) is 0 Å². The lowest BCUT2D eigenvalue weighted by Crippen LogP contribution is -2.33. The summed E-state index contributed by atoms with van der Waals surface area (Å²) in [5.41, 5.74) is 1.44. The van der Waals surface area contributed by atoms with Crippen molar-refractivity contribution < 1.29 is 0 Å². The van der Waals surface area contributed by atoms with Gasteiger partial charge in [-0.05, 0) is 30.9 Å². The van der Waals surface area contributed by atoms with Crippen molar-refractivity contribution in [1.29, 1.82) is 0 Å². The summed E-state index contributed by atoms with van der Waals surface area (Å²) in [7, 11) is 0. The van der Waals surface area contributed by atoms with Gasteiger partial charge in [0.05, 0.1) is 0 Å². The van der Waals surface area contributed by atoms with E-state index in [9.17, 15) is 0 Å². The van der Waals surface area contributed by atoms with Crippen LogP contribution in [0.25, 0.3) is 0 Å². The van der Waals surface area contributed by atoms with Crippen molar-refractivity contribution in [3.05, 3.63) is 35.9 Å². The van der Waals surface area contributed by atoms with Crippen molar-refractivity contribution in [2.45, 2.75) is 46.1 Å². The molecule has 1 heteroatoms. The zero-order valence-electron chi connectivity index (χ0n) is 10.9. The van der Waals surface area contributed by atoms with E-state index in [1.807, 2.05) is 0 Å². The Morgan fingerprint density at radius 3 is 2.31 bits per heavy atom. The second kappa shape index (κ2) is 7.45. The predicted molar refractivity (Wildman–Crippen MR) is 71.7 cm³/mol. The second-order valence-electron chi connectivity index (χ2n) is 4.72. The average molecular weight is 219 g/mol. The Morgan fingerprint density at radius 1 is 1.06 bits per heavy atom. The van der Waals surface area contributed by atoms with Gasteiger partial charge in [0.2, 0.25) is 0 Å². The minimum absolute atomic E-state index is 0.622. The Kier molecular flexibility index (Phi) is 6.17. The van der Waals surface area contributed by atoms with E-state index in [0.29, 0.717) is 6.04 Å². The zero-order valence-corrected chi connectivity index (χ0v) is 10.9. The quantitative estimate of drug-likeness (QED) is 0.738. The number of hydrogen-bond acceptors (Lipinski definition) is 1. The van der Waals surface area contributed by atoms with Crippen LogP contribution in [0.15, 0.2) is 30.3 Å². The van der Waals surface area contributed by atoms with Gasteiger partial charge >= 0.3 is 0 Å². The van der Waals surface area contributed by atoms with Gasteiger partial charge in [0.15, 0.2) is 0 Å². The van der Waals surface area contributed by atoms with Crippen LogP contribution in [0.1, 0.15) is 39.2 Å². The number of rotatable bonds is 7. The molecule has 90 valence electrons. The molecule has 0 heterocycles. The molecule has 0 saturated carbocycles. The van der Waals surface area contributed by atoms with Crippen molar-refractivity contribution >= 4 is 0 Å². The molecule has 0 spiro atoms. The molecule has 1 N–H and O–H groups in total. The van der Waals surface area contributed by atoms with E-state index in [4.69, 9.17) is 0 Å². The molecule has 1 aromatic carbocycles. The van der Waals surface area contributed by atoms with Crippen LogP contribution in [0.4, 0.5) is 0 Å². The Hall–Kier alpha value is -0.820. The highest BCUT2D eigenvalue weighted by Crippen LogP contribution is 2.07. The van der Waals surface area contributed by atoms with Crippen LogP contribution >= 0.6 is 0 Å². The van der Waals surface area contributed by atoms with Gasteiger partial charge in [-0.2, -0.15) is 0 Å². The molecule has 0 fully saturated rings. The fraction of sp³-hybridized carbons (Fsp3) is 0.600. The van der Waals surface area contributed by atoms with E-state index >= 15 is 0 Å². The highest BCUT2D eigenvalue weighted by molar-refractivity contribution is 5.15. The molecule has 1 rings (SSSR count). The monoisotopic (exact) mass is 219 g/mol. The van der Waals surface area contributed by atoms with E-state index in [0.717, 1.165) is 18.9 Å². The van der Waals surface area contributed by atoms with Gasteiger partial charge < -0.3 is 5.32 Å². The molecule has 0 aromatic heterocycles. The molecule has 0 radical (unpaired) electrons. The van der Waals surface area contributed by atoms with E-state index in [1.54, 1.807) is 0 Å². The van der Waals surface area contributed by atoms with Gasteiger partial charge in [-0.3, -0.25) is 0 Å². The molecule has 0 aliphatic heterocycles. The minimum atomic E-state index is 0.622. The molecule has 0 amide bonds. The van der Waals surface area contributed by atoms with Crippen LogP contribution in [0.3, 0.4) is 0 Å². The van der Waals surface area contributed by atoms with Gasteiger partial charge in [0.25, 0.3) is 0 Å². The standard InChI is InChI=1S/C15H25N/c1-4-13(3)12-16-15(5-2)11-14-9-7-6-8-10-14/h6-10,13,15-16H,4-5,11-12H2,1-3H3. The van der Waals surface area contributed by atoms with Gasteiger partial charge in [0.1, 0.15) is 0 Å². The summed E-state index contributed by atoms with van der Waals surface area (Å²) in [6, 6.07) is 11.4. The topological polar surface area (TPSA) is 12.0 Å². The lowest BCUT2D eigenvalue weighted by atomic mass is 10.0. The third-order valence-electron chi connectivity index (χ3n) is 3.27. The Morgan fingerprint density at radius 2 is 1.75 bits per heavy atom. The van der Waals surface area contributed by atoms with Crippen molar-refractivity contribution in [1.82, 2.24) is 5.32 Å². The van der Waals surface area contributed by atoms with Crippen LogP contribution in [0.2, 0.25) is 0 Å². The zero-order chi connectivity index (χ0) is 11.8. The first kappa shape index (κ1) is 13.2. The van der Waals surface area contributed by atoms with Crippen LogP contribution in [0.5, 0.6) is 0 Å². The summed E-state index contributed by atoms with van der Waals surface area (Å²) in [4.78, 5) is 0. The molecule has 1 nitrogen and oxygen atoms in total. The van der Waals surface area contributed by atoms with Crippen LogP contribution in [-0.2, 0) is 6.42 Å². The molecule has 0 saturated heterocycles. The van der Waals surface area contributed by atoms with Gasteiger partial charge in [-0.1, -0.05) is 57.5 Å². The summed E-state index contributed by atoms with van der Waals surface area (Å²) in [6.45, 7) is 7.96. The lowest BCUT2D eigenvalue weighted by molar-refractivity contribution is 0.427. The van der Waals surface area contributed by atoms with Crippen LogP contribution in [-0.4, -0.2) is 12.6 Å². The third-order valence-corrected chi connectivity index (χ3v) is 3.27. The molecule has 0 aliphatic carbocycles. The maximum Gasteiger partial charge on any atom is 0.0105 e. The van der Waals surface area contributed by atoms with Crippen molar-refractivity contribution in [3.8, 4) is 0 Å². The highest BCUT2D eigenvalue weighted by atomic mass is 14.9. The van der Waals surface area contributed by atoms with E-state index < -0.39 is 0 Å². The molecule has 0 aliphatic rings. The Bertz CT molecular complexity index is 268. The number of hydrogen-bond donors (Lipinski definition) is 1. The van der Waals surface area contributed by atoms with Crippen molar-refractivity contribution in [2.24, 2.45) is 5.92 Å². The van der Waals surface area contributed by atoms with E-state index in [2.05, 4.69) is 56.4 Å². The largest absolute Gasteiger partial charge is 0.313 e. The fourth-order valence-electron chi connectivity index (χ4n) is 1.77. The summed E-state index contributed by atoms with van der Waals surface area (Å²) in [5.74, 6) is 0.782. The lowest BCUT2D eigenvalue weighted by Gasteiger charge is -2.19. The normalized spacial score (nSPS) is 14.7. The molecule has 2 atom stereocenters. The summed E-state index contributed by atoms with van der Waals surface area (Å²) in [6.07, 6.45) is 3.61. The highest BCUT2D eigenvalue weighted by Gasteiger charge is 2.07. The number of benzene rings is 1. The molecule has 1 aromatic rings. The SMILES string of the molecule is CCC(C)CNC(CC)Cc1ccccc1. The first-order valence-corrected chi connectivity index (χ1v) is 6.53. The molecule has 0 bridgehead atoms. The molecular weight excluding hydrogens is 194 g/mol. The molecule has 2 unspecified atom stereocenters. The minimum Gasteiger partial charge on any atom is -0.313 e. The second-order valence-corrected chi connectivity index (χ2v) is 4.72. The average Bonchev–Trinajstić information content (AvgIpc) is 2.35. The fourth-order valence-corrected chi connectivity index (χ4v) is 1.77. The third kappa shape index (κ3) is 4.80.